The Morgan fingerprint density at radius 1 is 1.00 bits per heavy atom. The number of aryl methyl sites for hydroxylation is 2. The van der Waals surface area contributed by atoms with Gasteiger partial charge in [-0.2, -0.15) is 0 Å². The second kappa shape index (κ2) is 13.6. The highest BCUT2D eigenvalue weighted by Crippen LogP contribution is 2.25. The predicted molar refractivity (Wildman–Crippen MR) is 153 cm³/mol. The third-order valence-corrected chi connectivity index (χ3v) is 7.39. The second-order valence-electron chi connectivity index (χ2n) is 11.6. The number of imidazole rings is 1. The zero-order chi connectivity index (χ0) is 29.6. The lowest BCUT2D eigenvalue weighted by Crippen LogP contribution is -2.50. The topological polar surface area (TPSA) is 124 Å². The number of amides is 3. The van der Waals surface area contributed by atoms with Crippen LogP contribution in [0.1, 0.15) is 51.6 Å². The van der Waals surface area contributed by atoms with Gasteiger partial charge in [0.25, 0.3) is 0 Å². The number of ether oxygens (including phenoxy) is 3. The molecule has 12 heteroatoms. The van der Waals surface area contributed by atoms with Crippen molar-refractivity contribution < 1.29 is 28.6 Å². The first-order valence-corrected chi connectivity index (χ1v) is 14.4. The molecule has 2 aliphatic heterocycles. The van der Waals surface area contributed by atoms with Crippen molar-refractivity contribution in [1.29, 1.82) is 0 Å². The highest BCUT2D eigenvalue weighted by Gasteiger charge is 2.31. The Morgan fingerprint density at radius 2 is 1.71 bits per heavy atom. The van der Waals surface area contributed by atoms with Crippen molar-refractivity contribution in [2.75, 3.05) is 59.2 Å². The van der Waals surface area contributed by atoms with Gasteiger partial charge >= 0.3 is 11.8 Å². The molecule has 3 heterocycles. The summed E-state index contributed by atoms with van der Waals surface area (Å²) < 4.78 is 20.0. The summed E-state index contributed by atoms with van der Waals surface area (Å²) in [5.41, 5.74) is 1.77. The number of carbonyl (C=O) groups excluding carboxylic acids is 3. The molecular weight excluding hydrogens is 530 g/mol. The van der Waals surface area contributed by atoms with Gasteiger partial charge in [0.1, 0.15) is 11.6 Å². The fourth-order valence-electron chi connectivity index (χ4n) is 5.31. The zero-order valence-corrected chi connectivity index (χ0v) is 24.6. The summed E-state index contributed by atoms with van der Waals surface area (Å²) in [4.78, 5) is 53.3. The van der Waals surface area contributed by atoms with Gasteiger partial charge in [-0.15, -0.1) is 0 Å². The molecule has 226 valence electrons. The SMILES string of the molecule is Cn1c(=O)n(C2CCC(=O)NC2=O)c2cccc(CCCOCCOCCN3CCN(C(=O)OC(C)(C)C)CC3)c21. The monoisotopic (exact) mass is 573 g/mol. The van der Waals surface area contributed by atoms with E-state index in [1.807, 2.05) is 39.0 Å². The molecular formula is C29H43N5O7. The van der Waals surface area contributed by atoms with Crippen LogP contribution in [-0.4, -0.2) is 102 Å². The molecule has 0 saturated carbocycles. The molecule has 2 aromatic rings. The summed E-state index contributed by atoms with van der Waals surface area (Å²) >= 11 is 0. The van der Waals surface area contributed by atoms with Crippen molar-refractivity contribution in [1.82, 2.24) is 24.3 Å². The lowest BCUT2D eigenvalue weighted by atomic mass is 10.0. The van der Waals surface area contributed by atoms with E-state index < -0.39 is 17.6 Å². The summed E-state index contributed by atoms with van der Waals surface area (Å²) in [6.45, 7) is 11.5. The third-order valence-electron chi connectivity index (χ3n) is 7.39. The minimum Gasteiger partial charge on any atom is -0.444 e. The van der Waals surface area contributed by atoms with Crippen molar-refractivity contribution in [2.45, 2.75) is 58.1 Å². The smallest absolute Gasteiger partial charge is 0.410 e. The number of hydrogen-bond donors (Lipinski definition) is 1. The predicted octanol–water partition coefficient (Wildman–Crippen LogP) is 1.84. The first-order valence-electron chi connectivity index (χ1n) is 14.4. The van der Waals surface area contributed by atoms with Gasteiger partial charge in [-0.05, 0) is 51.7 Å². The number of carbonyl (C=O) groups is 3. The van der Waals surface area contributed by atoms with E-state index in [4.69, 9.17) is 14.2 Å². The van der Waals surface area contributed by atoms with E-state index in [0.717, 1.165) is 43.6 Å². The molecule has 1 N–H and O–H groups in total. The van der Waals surface area contributed by atoms with Crippen molar-refractivity contribution in [2.24, 2.45) is 7.05 Å². The molecule has 1 atom stereocenters. The Labute approximate surface area is 240 Å². The molecule has 2 saturated heterocycles. The Bertz CT molecular complexity index is 1290. The number of piperazine rings is 1. The van der Waals surface area contributed by atoms with Crippen LogP contribution in [-0.2, 0) is 37.3 Å². The van der Waals surface area contributed by atoms with Gasteiger partial charge in [0.05, 0.1) is 30.9 Å². The summed E-state index contributed by atoms with van der Waals surface area (Å²) in [7, 11) is 1.71. The van der Waals surface area contributed by atoms with Crippen LogP contribution in [0.25, 0.3) is 11.0 Å². The Morgan fingerprint density at radius 3 is 2.39 bits per heavy atom. The summed E-state index contributed by atoms with van der Waals surface area (Å²) in [5.74, 6) is -0.738. The molecule has 0 aliphatic carbocycles. The van der Waals surface area contributed by atoms with Crippen LogP contribution in [0.4, 0.5) is 4.79 Å². The number of piperidine rings is 1. The molecule has 2 aliphatic rings. The van der Waals surface area contributed by atoms with E-state index in [1.165, 1.54) is 4.57 Å². The molecule has 12 nitrogen and oxygen atoms in total. The number of fused-ring (bicyclic) bond motifs is 1. The third kappa shape index (κ3) is 7.96. The van der Waals surface area contributed by atoms with E-state index in [2.05, 4.69) is 10.2 Å². The van der Waals surface area contributed by atoms with Crippen molar-refractivity contribution in [3.8, 4) is 0 Å². The van der Waals surface area contributed by atoms with Crippen LogP contribution >= 0.6 is 0 Å². The maximum absolute atomic E-state index is 13.1. The van der Waals surface area contributed by atoms with Gasteiger partial charge in [0.2, 0.25) is 11.8 Å². The second-order valence-corrected chi connectivity index (χ2v) is 11.6. The number of imide groups is 1. The minimum atomic E-state index is -0.690. The molecule has 4 rings (SSSR count). The van der Waals surface area contributed by atoms with Crippen LogP contribution in [0.3, 0.4) is 0 Å². The van der Waals surface area contributed by atoms with Crippen molar-refractivity contribution in [3.05, 3.63) is 34.2 Å². The van der Waals surface area contributed by atoms with Crippen molar-refractivity contribution >= 4 is 28.9 Å². The normalized spacial score (nSPS) is 18.6. The number of para-hydroxylation sites is 1. The molecule has 0 spiro atoms. The molecule has 0 radical (unpaired) electrons. The Kier molecular flexibility index (Phi) is 10.2. The molecule has 41 heavy (non-hydrogen) atoms. The first kappa shape index (κ1) is 30.7. The van der Waals surface area contributed by atoms with Crippen LogP contribution in [0.5, 0.6) is 0 Å². The fraction of sp³-hybridized carbons (Fsp3) is 0.655. The molecule has 3 amide bonds. The maximum atomic E-state index is 13.1. The van der Waals surface area contributed by atoms with Crippen LogP contribution in [0, 0.1) is 0 Å². The quantitative estimate of drug-likeness (QED) is 0.319. The van der Waals surface area contributed by atoms with E-state index in [1.54, 1.807) is 16.5 Å². The Hall–Kier alpha value is -3.22. The zero-order valence-electron chi connectivity index (χ0n) is 24.6. The van der Waals surface area contributed by atoms with Gasteiger partial charge in [-0.3, -0.25) is 28.9 Å². The van der Waals surface area contributed by atoms with Crippen LogP contribution in [0.2, 0.25) is 0 Å². The van der Waals surface area contributed by atoms with E-state index in [9.17, 15) is 19.2 Å². The first-order chi connectivity index (χ1) is 19.5. The average Bonchev–Trinajstić information content (AvgIpc) is 3.17. The highest BCUT2D eigenvalue weighted by molar-refractivity contribution is 6.00. The number of nitrogens with one attached hydrogen (secondary N) is 1. The minimum absolute atomic E-state index is 0.215. The Balaban J connectivity index is 1.14. The number of nitrogens with zero attached hydrogens (tertiary/aromatic N) is 4. The lowest BCUT2D eigenvalue weighted by Gasteiger charge is -2.35. The number of rotatable bonds is 11. The van der Waals surface area contributed by atoms with Crippen molar-refractivity contribution in [3.63, 3.8) is 0 Å². The van der Waals surface area contributed by atoms with Gasteiger partial charge in [0.15, 0.2) is 0 Å². The molecule has 0 bridgehead atoms. The summed E-state index contributed by atoms with van der Waals surface area (Å²) in [6.07, 6.45) is 1.78. The molecule has 2 fully saturated rings. The molecule has 1 unspecified atom stereocenters. The number of benzene rings is 1. The highest BCUT2D eigenvalue weighted by atomic mass is 16.6. The van der Waals surface area contributed by atoms with Crippen LogP contribution in [0.15, 0.2) is 23.0 Å². The average molecular weight is 574 g/mol. The summed E-state index contributed by atoms with van der Waals surface area (Å²) in [5, 5.41) is 2.34. The van der Waals surface area contributed by atoms with Crippen LogP contribution < -0.4 is 11.0 Å². The van der Waals surface area contributed by atoms with Gasteiger partial charge in [-0.1, -0.05) is 12.1 Å². The molecule has 1 aromatic heterocycles. The number of hydrogen-bond acceptors (Lipinski definition) is 8. The molecule has 1 aromatic carbocycles. The standard InChI is InChI=1S/C29H43N5O7/c1-29(2,3)41-28(38)33-14-12-32(13-15-33)16-18-40-20-19-39-17-6-8-21-7-5-9-22-25(21)31(4)27(37)34(22)23-10-11-24(35)30-26(23)36/h5,7,9,23H,6,8,10-20H2,1-4H3,(H,30,35,36). The van der Waals surface area contributed by atoms with E-state index >= 15 is 0 Å². The van der Waals surface area contributed by atoms with E-state index in [-0.39, 0.29) is 24.1 Å². The summed E-state index contributed by atoms with van der Waals surface area (Å²) in [6, 6.07) is 5.04. The van der Waals surface area contributed by atoms with Gasteiger partial charge in [0, 0.05) is 52.8 Å². The van der Waals surface area contributed by atoms with Gasteiger partial charge in [-0.25, -0.2) is 9.59 Å². The number of aromatic nitrogens is 2. The fourth-order valence-corrected chi connectivity index (χ4v) is 5.31. The lowest BCUT2D eigenvalue weighted by molar-refractivity contribution is -0.135. The van der Waals surface area contributed by atoms with Gasteiger partial charge < -0.3 is 19.1 Å². The largest absolute Gasteiger partial charge is 0.444 e. The van der Waals surface area contributed by atoms with E-state index in [0.29, 0.717) is 51.5 Å². The maximum Gasteiger partial charge on any atom is 0.410 e.